The molecule has 1 N–H and O–H groups in total. The molecule has 0 spiro atoms. The topological polar surface area (TPSA) is 41.6 Å². The van der Waals surface area contributed by atoms with Crippen LogP contribution in [0.1, 0.15) is 46.0 Å². The average Bonchev–Trinajstić information content (AvgIpc) is 2.97. The molecule has 2 atom stereocenters. The molecular formula is C15H28N2O2. The van der Waals surface area contributed by atoms with Gasteiger partial charge in [-0.15, -0.1) is 0 Å². The van der Waals surface area contributed by atoms with E-state index < -0.39 is 0 Å². The van der Waals surface area contributed by atoms with E-state index in [-0.39, 0.29) is 11.5 Å². The zero-order valence-corrected chi connectivity index (χ0v) is 12.4. The largest absolute Gasteiger partial charge is 0.376 e. The summed E-state index contributed by atoms with van der Waals surface area (Å²) in [5.74, 6) is 0.334. The highest BCUT2D eigenvalue weighted by Crippen LogP contribution is 2.32. The highest BCUT2D eigenvalue weighted by molar-refractivity contribution is 5.83. The Hall–Kier alpha value is -0.610. The molecule has 2 heterocycles. The van der Waals surface area contributed by atoms with E-state index in [1.807, 2.05) is 4.90 Å². The zero-order valence-electron chi connectivity index (χ0n) is 12.4. The van der Waals surface area contributed by atoms with Crippen LogP contribution in [0.25, 0.3) is 0 Å². The molecule has 0 aromatic heterocycles. The highest BCUT2D eigenvalue weighted by atomic mass is 16.5. The molecule has 2 rings (SSSR count). The molecule has 2 aliphatic heterocycles. The molecule has 2 aliphatic rings. The predicted octanol–water partition coefficient (Wildman–Crippen LogP) is 1.79. The van der Waals surface area contributed by atoms with Crippen molar-refractivity contribution < 1.29 is 9.53 Å². The van der Waals surface area contributed by atoms with E-state index in [0.29, 0.717) is 5.91 Å². The number of piperidine rings is 1. The molecule has 0 aromatic carbocycles. The fourth-order valence-electron chi connectivity index (χ4n) is 3.33. The summed E-state index contributed by atoms with van der Waals surface area (Å²) in [5, 5.41) is 3.40. The Morgan fingerprint density at radius 2 is 2.26 bits per heavy atom. The number of rotatable bonds is 5. The van der Waals surface area contributed by atoms with Crippen LogP contribution in [0, 0.1) is 5.41 Å². The summed E-state index contributed by atoms with van der Waals surface area (Å²) in [6, 6.07) is 0. The summed E-state index contributed by atoms with van der Waals surface area (Å²) in [4.78, 5) is 14.9. The molecule has 0 aromatic rings. The van der Waals surface area contributed by atoms with Gasteiger partial charge in [-0.05, 0) is 45.6 Å². The smallest absolute Gasteiger partial charge is 0.230 e. The molecule has 2 fully saturated rings. The van der Waals surface area contributed by atoms with Crippen molar-refractivity contribution in [3.63, 3.8) is 0 Å². The average molecular weight is 268 g/mol. The Morgan fingerprint density at radius 1 is 1.42 bits per heavy atom. The fourth-order valence-corrected chi connectivity index (χ4v) is 3.33. The van der Waals surface area contributed by atoms with Crippen molar-refractivity contribution in [2.75, 3.05) is 32.8 Å². The molecule has 0 radical (unpaired) electrons. The minimum absolute atomic E-state index is 0.174. The van der Waals surface area contributed by atoms with Gasteiger partial charge in [0.05, 0.1) is 11.5 Å². The van der Waals surface area contributed by atoms with Gasteiger partial charge >= 0.3 is 0 Å². The molecule has 4 nitrogen and oxygen atoms in total. The van der Waals surface area contributed by atoms with Gasteiger partial charge in [0.25, 0.3) is 0 Å². The van der Waals surface area contributed by atoms with Crippen molar-refractivity contribution in [3.8, 4) is 0 Å². The maximum Gasteiger partial charge on any atom is 0.230 e. The third-order valence-corrected chi connectivity index (χ3v) is 4.72. The third kappa shape index (κ3) is 3.29. The quantitative estimate of drug-likeness (QED) is 0.826. The lowest BCUT2D eigenvalue weighted by Crippen LogP contribution is -2.53. The maximum atomic E-state index is 12.9. The molecule has 2 saturated heterocycles. The molecule has 0 aliphatic carbocycles. The second-order valence-electron chi connectivity index (χ2n) is 5.89. The number of hydrogen-bond donors (Lipinski definition) is 1. The monoisotopic (exact) mass is 268 g/mol. The molecule has 19 heavy (non-hydrogen) atoms. The number of nitrogens with one attached hydrogen (secondary N) is 1. The van der Waals surface area contributed by atoms with Crippen molar-refractivity contribution in [2.45, 2.75) is 52.1 Å². The van der Waals surface area contributed by atoms with Crippen molar-refractivity contribution in [1.82, 2.24) is 10.2 Å². The SMILES string of the molecule is CCN(CC1CCCO1)C(=O)C1(CC)CCCNC1. The second-order valence-corrected chi connectivity index (χ2v) is 5.89. The molecule has 4 heteroatoms. The Labute approximate surface area is 116 Å². The lowest BCUT2D eigenvalue weighted by Gasteiger charge is -2.40. The van der Waals surface area contributed by atoms with Crippen LogP contribution < -0.4 is 5.32 Å². The van der Waals surface area contributed by atoms with Crippen LogP contribution in [0.4, 0.5) is 0 Å². The first-order chi connectivity index (χ1) is 9.22. The van der Waals surface area contributed by atoms with Gasteiger partial charge in [0.2, 0.25) is 5.91 Å². The van der Waals surface area contributed by atoms with Crippen LogP contribution in [0.2, 0.25) is 0 Å². The molecule has 0 saturated carbocycles. The van der Waals surface area contributed by atoms with Crippen LogP contribution in [0.5, 0.6) is 0 Å². The Balaban J connectivity index is 2.00. The molecule has 2 unspecified atom stereocenters. The number of nitrogens with zero attached hydrogens (tertiary/aromatic N) is 1. The molecule has 0 bridgehead atoms. The van der Waals surface area contributed by atoms with E-state index >= 15 is 0 Å². The minimum Gasteiger partial charge on any atom is -0.376 e. The van der Waals surface area contributed by atoms with Gasteiger partial charge in [-0.3, -0.25) is 4.79 Å². The van der Waals surface area contributed by atoms with Crippen LogP contribution in [-0.4, -0.2) is 49.7 Å². The third-order valence-electron chi connectivity index (χ3n) is 4.72. The number of carbonyl (C=O) groups excluding carboxylic acids is 1. The van der Waals surface area contributed by atoms with E-state index in [4.69, 9.17) is 4.74 Å². The number of amides is 1. The van der Waals surface area contributed by atoms with Crippen LogP contribution in [-0.2, 0) is 9.53 Å². The molecule has 1 amide bonds. The minimum atomic E-state index is -0.174. The molecule has 110 valence electrons. The van der Waals surface area contributed by atoms with Crippen LogP contribution in [0.15, 0.2) is 0 Å². The van der Waals surface area contributed by atoms with Crippen molar-refractivity contribution in [2.24, 2.45) is 5.41 Å². The van der Waals surface area contributed by atoms with E-state index in [1.54, 1.807) is 0 Å². The van der Waals surface area contributed by atoms with E-state index in [2.05, 4.69) is 19.2 Å². The van der Waals surface area contributed by atoms with Crippen LogP contribution in [0.3, 0.4) is 0 Å². The van der Waals surface area contributed by atoms with Gasteiger partial charge in [0.1, 0.15) is 0 Å². The fraction of sp³-hybridized carbons (Fsp3) is 0.933. The number of hydrogen-bond acceptors (Lipinski definition) is 3. The summed E-state index contributed by atoms with van der Waals surface area (Å²) in [7, 11) is 0. The summed E-state index contributed by atoms with van der Waals surface area (Å²) in [6.07, 6.45) is 5.56. The van der Waals surface area contributed by atoms with E-state index in [9.17, 15) is 4.79 Å². The van der Waals surface area contributed by atoms with Crippen molar-refractivity contribution in [3.05, 3.63) is 0 Å². The van der Waals surface area contributed by atoms with E-state index in [1.165, 1.54) is 0 Å². The standard InChI is InChI=1S/C15H28N2O2/c1-3-15(8-6-9-16-12-15)14(18)17(4-2)11-13-7-5-10-19-13/h13,16H,3-12H2,1-2H3. The Bertz CT molecular complexity index is 295. The van der Waals surface area contributed by atoms with Crippen LogP contribution >= 0.6 is 0 Å². The highest BCUT2D eigenvalue weighted by Gasteiger charge is 2.40. The van der Waals surface area contributed by atoms with Gasteiger partial charge < -0.3 is 15.0 Å². The number of likely N-dealkylation sites (N-methyl/N-ethyl adjacent to an activating group) is 1. The van der Waals surface area contributed by atoms with Gasteiger partial charge in [-0.25, -0.2) is 0 Å². The summed E-state index contributed by atoms with van der Waals surface area (Å²) in [5.41, 5.74) is -0.174. The van der Waals surface area contributed by atoms with Crippen molar-refractivity contribution >= 4 is 5.91 Å². The second kappa shape index (κ2) is 6.71. The van der Waals surface area contributed by atoms with Crippen molar-refractivity contribution in [1.29, 1.82) is 0 Å². The molecular weight excluding hydrogens is 240 g/mol. The zero-order chi connectivity index (χ0) is 13.7. The van der Waals surface area contributed by atoms with Gasteiger partial charge in [0, 0.05) is 26.2 Å². The van der Waals surface area contributed by atoms with Gasteiger partial charge in [-0.1, -0.05) is 6.92 Å². The lowest BCUT2D eigenvalue weighted by atomic mass is 9.77. The predicted molar refractivity (Wildman–Crippen MR) is 76.1 cm³/mol. The first-order valence-corrected chi connectivity index (χ1v) is 7.83. The maximum absolute atomic E-state index is 12.9. The summed E-state index contributed by atoms with van der Waals surface area (Å²) >= 11 is 0. The Morgan fingerprint density at radius 3 is 2.79 bits per heavy atom. The van der Waals surface area contributed by atoms with Gasteiger partial charge in [0.15, 0.2) is 0 Å². The first kappa shape index (κ1) is 14.8. The number of carbonyl (C=O) groups is 1. The lowest BCUT2D eigenvalue weighted by molar-refractivity contribution is -0.145. The normalized spacial score (nSPS) is 31.4. The Kier molecular flexibility index (Phi) is 5.22. The number of ether oxygens (including phenoxy) is 1. The summed E-state index contributed by atoms with van der Waals surface area (Å²) < 4.78 is 5.68. The van der Waals surface area contributed by atoms with E-state index in [0.717, 1.165) is 64.9 Å². The van der Waals surface area contributed by atoms with Gasteiger partial charge in [-0.2, -0.15) is 0 Å². The first-order valence-electron chi connectivity index (χ1n) is 7.83. The summed E-state index contributed by atoms with van der Waals surface area (Å²) in [6.45, 7) is 8.53.